The van der Waals surface area contributed by atoms with Gasteiger partial charge in [-0.25, -0.2) is 4.79 Å². The number of rotatable bonds is 1. The summed E-state index contributed by atoms with van der Waals surface area (Å²) in [5.74, 6) is 4.73. The highest BCUT2D eigenvalue weighted by Gasteiger charge is 2.02. The first-order chi connectivity index (χ1) is 7.71. The van der Waals surface area contributed by atoms with E-state index in [1.54, 1.807) is 18.2 Å². The second-order valence-electron chi connectivity index (χ2n) is 2.77. The zero-order chi connectivity index (χ0) is 12.0. The van der Waals surface area contributed by atoms with Gasteiger partial charge in [-0.1, -0.05) is 5.92 Å². The van der Waals surface area contributed by atoms with Gasteiger partial charge in [0, 0.05) is 11.5 Å². The van der Waals surface area contributed by atoms with Gasteiger partial charge in [-0.15, -0.1) is 0 Å². The lowest BCUT2D eigenvalue weighted by Gasteiger charge is -2.01. The van der Waals surface area contributed by atoms with E-state index < -0.39 is 5.97 Å². The molecule has 1 aromatic rings. The van der Waals surface area contributed by atoms with Gasteiger partial charge in [0.05, 0.1) is 19.8 Å². The molecule has 0 spiro atoms. The second-order valence-corrected chi connectivity index (χ2v) is 2.77. The maximum Gasteiger partial charge on any atom is 0.384 e. The van der Waals surface area contributed by atoms with Gasteiger partial charge in [0.25, 0.3) is 0 Å². The summed E-state index contributed by atoms with van der Waals surface area (Å²) in [7, 11) is 2.74. The molecule has 0 amide bonds. The molecule has 1 aromatic carbocycles. The molecule has 16 heavy (non-hydrogen) atoms. The number of methoxy groups -OCH3 is 2. The van der Waals surface area contributed by atoms with Crippen molar-refractivity contribution in [3.8, 4) is 23.7 Å². The minimum absolute atomic E-state index is 0.374. The monoisotopic (exact) mass is 215 g/mol. The molecule has 0 fully saturated rings. The van der Waals surface area contributed by atoms with Crippen molar-refractivity contribution in [2.75, 3.05) is 14.2 Å². The Bertz CT molecular complexity index is 503. The first kappa shape index (κ1) is 11.6. The lowest BCUT2D eigenvalue weighted by atomic mass is 10.1. The molecule has 0 aromatic heterocycles. The Morgan fingerprint density at radius 3 is 2.69 bits per heavy atom. The predicted octanol–water partition coefficient (Wildman–Crippen LogP) is 1.09. The summed E-state index contributed by atoms with van der Waals surface area (Å²) in [6.07, 6.45) is 0. The van der Waals surface area contributed by atoms with E-state index >= 15 is 0 Å². The third-order valence-electron chi connectivity index (χ3n) is 1.81. The normalized spacial score (nSPS) is 8.31. The highest BCUT2D eigenvalue weighted by Crippen LogP contribution is 2.17. The van der Waals surface area contributed by atoms with Gasteiger partial charge in [-0.2, -0.15) is 5.26 Å². The van der Waals surface area contributed by atoms with Gasteiger partial charge in [-0.3, -0.25) is 0 Å². The smallest absolute Gasteiger partial charge is 0.384 e. The molecule has 4 heteroatoms. The molecule has 0 saturated carbocycles. The number of hydrogen-bond donors (Lipinski definition) is 0. The summed E-state index contributed by atoms with van der Waals surface area (Å²) >= 11 is 0. The Labute approximate surface area is 93.4 Å². The van der Waals surface area contributed by atoms with Crippen LogP contribution in [0.25, 0.3) is 0 Å². The van der Waals surface area contributed by atoms with Crippen molar-refractivity contribution in [1.82, 2.24) is 0 Å². The Morgan fingerprint density at radius 2 is 2.12 bits per heavy atom. The van der Waals surface area contributed by atoms with Crippen LogP contribution < -0.4 is 4.74 Å². The molecule has 0 aliphatic heterocycles. The topological polar surface area (TPSA) is 59.3 Å². The molecule has 4 nitrogen and oxygen atoms in total. The summed E-state index contributed by atoms with van der Waals surface area (Å²) in [6.45, 7) is 0. The predicted molar refractivity (Wildman–Crippen MR) is 56.6 cm³/mol. The fourth-order valence-corrected chi connectivity index (χ4v) is 1.05. The van der Waals surface area contributed by atoms with Crippen molar-refractivity contribution < 1.29 is 14.3 Å². The summed E-state index contributed by atoms with van der Waals surface area (Å²) in [6, 6.07) is 6.82. The molecule has 0 heterocycles. The van der Waals surface area contributed by atoms with Crippen molar-refractivity contribution >= 4 is 5.97 Å². The van der Waals surface area contributed by atoms with Crippen LogP contribution >= 0.6 is 0 Å². The van der Waals surface area contributed by atoms with Gasteiger partial charge in [0.1, 0.15) is 11.8 Å². The number of nitriles is 1. The minimum Gasteiger partial charge on any atom is -0.495 e. The van der Waals surface area contributed by atoms with Crippen molar-refractivity contribution in [2.24, 2.45) is 0 Å². The third-order valence-corrected chi connectivity index (χ3v) is 1.81. The first-order valence-corrected chi connectivity index (χ1v) is 4.39. The Balaban J connectivity index is 3.04. The van der Waals surface area contributed by atoms with Crippen LogP contribution in [0.5, 0.6) is 5.75 Å². The number of carbonyl (C=O) groups excluding carboxylic acids is 1. The second kappa shape index (κ2) is 5.43. The van der Waals surface area contributed by atoms with Crippen LogP contribution in [0, 0.1) is 23.2 Å². The molecular formula is C12H9NO3. The van der Waals surface area contributed by atoms with E-state index in [2.05, 4.69) is 16.6 Å². The zero-order valence-corrected chi connectivity index (χ0v) is 8.90. The lowest BCUT2D eigenvalue weighted by Crippen LogP contribution is -1.94. The van der Waals surface area contributed by atoms with Crippen molar-refractivity contribution in [1.29, 1.82) is 5.26 Å². The number of nitrogens with zero attached hydrogens (tertiary/aromatic N) is 1. The van der Waals surface area contributed by atoms with E-state index in [-0.39, 0.29) is 0 Å². The van der Waals surface area contributed by atoms with Gasteiger partial charge < -0.3 is 9.47 Å². The maximum absolute atomic E-state index is 10.8. The molecule has 0 saturated heterocycles. The Hall–Kier alpha value is -2.46. The minimum atomic E-state index is -0.616. The SMILES string of the molecule is COC(=O)C#Cc1ccc(OC)c(C#N)c1. The summed E-state index contributed by atoms with van der Waals surface area (Å²) in [5, 5.41) is 8.83. The fourth-order valence-electron chi connectivity index (χ4n) is 1.05. The molecule has 0 N–H and O–H groups in total. The molecule has 0 radical (unpaired) electrons. The fraction of sp³-hybridized carbons (Fsp3) is 0.167. The summed E-state index contributed by atoms with van der Waals surface area (Å²) in [4.78, 5) is 10.8. The van der Waals surface area contributed by atoms with Crippen LogP contribution in [0.15, 0.2) is 18.2 Å². The number of benzene rings is 1. The van der Waals surface area contributed by atoms with Crippen molar-refractivity contribution in [3.05, 3.63) is 29.3 Å². The van der Waals surface area contributed by atoms with E-state index in [1.165, 1.54) is 14.2 Å². The molecule has 0 atom stereocenters. The maximum atomic E-state index is 10.8. The average molecular weight is 215 g/mol. The first-order valence-electron chi connectivity index (χ1n) is 4.39. The Morgan fingerprint density at radius 1 is 1.38 bits per heavy atom. The standard InChI is InChI=1S/C12H9NO3/c1-15-11-5-3-9(7-10(11)8-13)4-6-12(14)16-2/h3,5,7H,1-2H3. The lowest BCUT2D eigenvalue weighted by molar-refractivity contribution is -0.133. The largest absolute Gasteiger partial charge is 0.495 e. The number of esters is 1. The molecule has 0 aliphatic rings. The number of carbonyl (C=O) groups is 1. The highest BCUT2D eigenvalue weighted by atomic mass is 16.5. The average Bonchev–Trinajstić information content (AvgIpc) is 2.35. The van der Waals surface area contributed by atoms with E-state index in [0.717, 1.165) is 0 Å². The van der Waals surface area contributed by atoms with E-state index in [9.17, 15) is 4.79 Å². The van der Waals surface area contributed by atoms with Crippen LogP contribution in [0.1, 0.15) is 11.1 Å². The van der Waals surface area contributed by atoms with Crippen molar-refractivity contribution in [2.45, 2.75) is 0 Å². The van der Waals surface area contributed by atoms with Gasteiger partial charge >= 0.3 is 5.97 Å². The van der Waals surface area contributed by atoms with Crippen molar-refractivity contribution in [3.63, 3.8) is 0 Å². The van der Waals surface area contributed by atoms with E-state index in [0.29, 0.717) is 16.9 Å². The van der Waals surface area contributed by atoms with Crippen LogP contribution in [-0.2, 0) is 9.53 Å². The molecule has 0 bridgehead atoms. The number of hydrogen-bond acceptors (Lipinski definition) is 4. The molecule has 80 valence electrons. The molecule has 1 rings (SSSR count). The molecule has 0 unspecified atom stereocenters. The third kappa shape index (κ3) is 2.76. The van der Waals surface area contributed by atoms with Crippen LogP contribution in [0.2, 0.25) is 0 Å². The number of ether oxygens (including phenoxy) is 2. The Kier molecular flexibility index (Phi) is 3.94. The summed E-state index contributed by atoms with van der Waals surface area (Å²) < 4.78 is 9.35. The van der Waals surface area contributed by atoms with Crippen LogP contribution in [0.4, 0.5) is 0 Å². The quantitative estimate of drug-likeness (QED) is 0.519. The van der Waals surface area contributed by atoms with E-state index in [1.807, 2.05) is 6.07 Å². The molecular weight excluding hydrogens is 206 g/mol. The van der Waals surface area contributed by atoms with Gasteiger partial charge in [-0.05, 0) is 18.2 Å². The van der Waals surface area contributed by atoms with Gasteiger partial charge in [0.15, 0.2) is 0 Å². The highest BCUT2D eigenvalue weighted by molar-refractivity contribution is 5.89. The molecule has 0 aliphatic carbocycles. The van der Waals surface area contributed by atoms with Gasteiger partial charge in [0.2, 0.25) is 0 Å². The van der Waals surface area contributed by atoms with Crippen LogP contribution in [-0.4, -0.2) is 20.2 Å². The van der Waals surface area contributed by atoms with Crippen LogP contribution in [0.3, 0.4) is 0 Å². The van der Waals surface area contributed by atoms with E-state index in [4.69, 9.17) is 10.00 Å². The summed E-state index contributed by atoms with van der Waals surface area (Å²) in [5.41, 5.74) is 0.932. The zero-order valence-electron chi connectivity index (χ0n) is 8.90.